The van der Waals surface area contributed by atoms with E-state index in [0.717, 1.165) is 5.56 Å². The molecule has 3 heterocycles. The van der Waals surface area contributed by atoms with E-state index in [0.29, 0.717) is 5.56 Å². The first-order valence-electron chi connectivity index (χ1n) is 15.1. The Morgan fingerprint density at radius 2 is 1.73 bits per heavy atom. The second-order valence-corrected chi connectivity index (χ2v) is 12.7. The van der Waals surface area contributed by atoms with Gasteiger partial charge in [-0.25, -0.2) is 14.8 Å². The van der Waals surface area contributed by atoms with Crippen LogP contribution in [0.3, 0.4) is 0 Å². The van der Waals surface area contributed by atoms with Crippen molar-refractivity contribution in [2.45, 2.75) is 38.0 Å². The summed E-state index contributed by atoms with van der Waals surface area (Å²) in [4.78, 5) is 72.5. The van der Waals surface area contributed by atoms with Crippen LogP contribution < -0.4 is 78.4 Å². The van der Waals surface area contributed by atoms with Crippen molar-refractivity contribution in [3.8, 4) is 17.2 Å². The molecule has 2 fully saturated rings. The molecule has 6 rings (SSSR count). The first kappa shape index (κ1) is 40.9. The Morgan fingerprint density at radius 1 is 1.02 bits per heavy atom. The van der Waals surface area contributed by atoms with Crippen LogP contribution in [0.4, 0.5) is 13.6 Å². The van der Waals surface area contributed by atoms with Crippen LogP contribution in [0.2, 0.25) is 0 Å². The number of urea groups is 1. The van der Waals surface area contributed by atoms with E-state index in [1.54, 1.807) is 6.08 Å². The van der Waals surface area contributed by atoms with Crippen molar-refractivity contribution >= 4 is 26.0 Å². The van der Waals surface area contributed by atoms with Gasteiger partial charge in [-0.15, -0.1) is 15.4 Å². The van der Waals surface area contributed by atoms with Crippen LogP contribution in [0.1, 0.15) is 19.5 Å². The number of rotatable bonds is 10. The molecule has 0 aliphatic carbocycles. The number of nitrogens with zero attached hydrogens (tertiary/aromatic N) is 4. The summed E-state index contributed by atoms with van der Waals surface area (Å²) in [5, 5.41) is 5.80. The minimum Gasteiger partial charge on any atom is -1.00 e. The number of halogens is 2. The van der Waals surface area contributed by atoms with E-state index in [1.807, 2.05) is 30.3 Å². The number of fused-ring (bicyclic) bond motifs is 2. The topological polar surface area (TPSA) is 165 Å². The fraction of sp³-hybridized carbons (Fsp3) is 0.281. The first-order chi connectivity index (χ1) is 23.3. The summed E-state index contributed by atoms with van der Waals surface area (Å²) < 4.78 is 42.2. The Morgan fingerprint density at radius 3 is 2.39 bits per heavy atom. The normalized spacial score (nSPS) is 19.4. The van der Waals surface area contributed by atoms with Gasteiger partial charge in [0.2, 0.25) is 11.8 Å². The minimum absolute atomic E-state index is 0. The van der Waals surface area contributed by atoms with Gasteiger partial charge in [0.1, 0.15) is 12.2 Å². The number of nitrogens with one attached hydrogen (secondary N) is 1. The molecule has 2 atom stereocenters. The first-order valence-corrected chi connectivity index (χ1v) is 16.7. The van der Waals surface area contributed by atoms with E-state index in [-0.39, 0.29) is 124 Å². The molecule has 19 heteroatoms. The van der Waals surface area contributed by atoms with Gasteiger partial charge in [-0.05, 0) is 29.3 Å². The van der Waals surface area contributed by atoms with E-state index in [2.05, 4.69) is 16.6 Å². The number of ether oxygens (including phenoxy) is 2. The van der Waals surface area contributed by atoms with Crippen molar-refractivity contribution in [3.63, 3.8) is 0 Å². The zero-order valence-electron chi connectivity index (χ0n) is 29.9. The maximum absolute atomic E-state index is 14.3. The van der Waals surface area contributed by atoms with E-state index in [1.165, 1.54) is 62.3 Å². The van der Waals surface area contributed by atoms with Gasteiger partial charge in [0, 0.05) is 31.6 Å². The second kappa shape index (κ2) is 16.9. The summed E-state index contributed by atoms with van der Waals surface area (Å²) in [6, 6.07) is 17.6. The summed E-state index contributed by atoms with van der Waals surface area (Å²) >= 11 is 0. The van der Waals surface area contributed by atoms with E-state index in [9.17, 15) is 37.8 Å². The van der Waals surface area contributed by atoms with Crippen LogP contribution in [-0.4, -0.2) is 90.5 Å². The number of amides is 4. The number of para-hydroxylation sites is 1. The zero-order chi connectivity index (χ0) is 34.9. The maximum Gasteiger partial charge on any atom is 1.00 e. The monoisotopic (exact) mass is 748 g/mol. The average molecular weight is 749 g/mol. The summed E-state index contributed by atoms with van der Waals surface area (Å²) in [7, 11) is -4.57. The van der Waals surface area contributed by atoms with Crippen LogP contribution >= 0.6 is 8.17 Å². The molecule has 0 bridgehead atoms. The summed E-state index contributed by atoms with van der Waals surface area (Å²) in [6.07, 6.45) is -3.40. The number of alkyl halides is 2. The van der Waals surface area contributed by atoms with Crippen molar-refractivity contribution < 1.29 is 114 Å². The van der Waals surface area contributed by atoms with E-state index >= 15 is 0 Å². The molecular formula is C32H35F2N5Na2O9P+. The minimum atomic E-state index is -4.57. The molecule has 4 amide bonds. The molecule has 4 N–H and O–H groups in total. The SMILES string of the molecule is C=CCN1CC(=O)N2[C@@H](Cc3ccc(O[P+](O)(O)O)cc3)C(=O)N(Cc3cccc4c3OC(F)(F)O4)C[C@@H]2N1C(=O)NCc1ccccc1.[H-].[H-].[Na+].[Na+]. The van der Waals surface area contributed by atoms with Gasteiger partial charge in [-0.3, -0.25) is 14.1 Å². The molecule has 3 aliphatic heterocycles. The van der Waals surface area contributed by atoms with Gasteiger partial charge in [0.25, 0.3) is 0 Å². The summed E-state index contributed by atoms with van der Waals surface area (Å²) in [6.45, 7) is 3.46. The molecule has 2 saturated heterocycles. The quantitative estimate of drug-likeness (QED) is 0.0956. The standard InChI is InChI=1S/C32H32F2N5O9P.2Na.2H/c1-2-15-37-20-28(40)38-25(16-21-11-13-24(14-12-21)48-49(43,44)45)30(41)36(18-23-9-6-10-26-29(23)47-32(33,34)46-26)19-27(38)39(37)31(42)35-17-22-7-4-3-5-8-22;;;;/h2-14,25,27,43-45H,1,15-20H2;;;;/q;2*+1;2*-1/p+1/t25-,27-;;;;/m0..../s1. The van der Waals surface area contributed by atoms with Gasteiger partial charge in [-0.1, -0.05) is 60.7 Å². The van der Waals surface area contributed by atoms with Crippen LogP contribution in [0, 0.1) is 0 Å². The van der Waals surface area contributed by atoms with Crippen LogP contribution in [0.25, 0.3) is 0 Å². The molecule has 0 aromatic heterocycles. The number of hydrazine groups is 1. The molecule has 0 radical (unpaired) electrons. The molecule has 3 aromatic rings. The molecular weight excluding hydrogens is 713 g/mol. The fourth-order valence-corrected chi connectivity index (χ4v) is 6.51. The third kappa shape index (κ3) is 9.58. The van der Waals surface area contributed by atoms with Crippen LogP contribution in [0.15, 0.2) is 85.5 Å². The summed E-state index contributed by atoms with van der Waals surface area (Å²) in [5.41, 5.74) is 1.59. The molecule has 262 valence electrons. The van der Waals surface area contributed by atoms with Gasteiger partial charge in [-0.2, -0.15) is 14.7 Å². The number of piperazine rings is 1. The number of hydrogen-bond acceptors (Lipinski definition) is 10. The van der Waals surface area contributed by atoms with Crippen molar-refractivity contribution in [1.82, 2.24) is 25.1 Å². The molecule has 0 saturated carbocycles. The predicted molar refractivity (Wildman–Crippen MR) is 171 cm³/mol. The van der Waals surface area contributed by atoms with Crippen LogP contribution in [0.5, 0.6) is 17.2 Å². The molecule has 0 spiro atoms. The number of carbonyl (C=O) groups is 3. The zero-order valence-corrected chi connectivity index (χ0v) is 32.8. The number of benzene rings is 3. The van der Waals surface area contributed by atoms with E-state index in [4.69, 9.17) is 9.26 Å². The van der Waals surface area contributed by atoms with Crippen molar-refractivity contribution in [3.05, 3.63) is 102 Å². The van der Waals surface area contributed by atoms with Gasteiger partial charge >= 0.3 is 79.6 Å². The van der Waals surface area contributed by atoms with Gasteiger partial charge in [0.05, 0.1) is 13.1 Å². The Hall–Kier alpha value is -2.86. The molecule has 0 unspecified atom stereocenters. The molecule has 3 aliphatic rings. The van der Waals surface area contributed by atoms with Gasteiger partial charge in [0.15, 0.2) is 17.2 Å². The largest absolute Gasteiger partial charge is 1.00 e. The number of carbonyl (C=O) groups excluding carboxylic acids is 3. The van der Waals surface area contributed by atoms with Crippen LogP contribution in [-0.2, 0) is 29.1 Å². The van der Waals surface area contributed by atoms with Crippen molar-refractivity contribution in [1.29, 1.82) is 0 Å². The Kier molecular flexibility index (Phi) is 13.5. The molecule has 51 heavy (non-hydrogen) atoms. The Balaban J connectivity index is 0.00000243. The second-order valence-electron chi connectivity index (χ2n) is 11.5. The van der Waals surface area contributed by atoms with Crippen molar-refractivity contribution in [2.75, 3.05) is 19.6 Å². The Bertz CT molecular complexity index is 1750. The van der Waals surface area contributed by atoms with E-state index < -0.39 is 44.5 Å². The summed E-state index contributed by atoms with van der Waals surface area (Å²) in [5.74, 6) is -1.41. The smallest absolute Gasteiger partial charge is 1.00 e. The Labute approximate surface area is 339 Å². The fourth-order valence-electron chi connectivity index (χ4n) is 6.10. The average Bonchev–Trinajstić information content (AvgIpc) is 3.37. The number of hydrogen-bond donors (Lipinski definition) is 4. The maximum atomic E-state index is 14.3. The van der Waals surface area contributed by atoms with Crippen molar-refractivity contribution in [2.24, 2.45) is 0 Å². The third-order valence-corrected chi connectivity index (χ3v) is 8.57. The molecule has 14 nitrogen and oxygen atoms in total. The van der Waals surface area contributed by atoms with Gasteiger partial charge < -0.3 is 27.4 Å². The predicted octanol–water partition coefficient (Wildman–Crippen LogP) is -2.99. The third-order valence-electron chi connectivity index (χ3n) is 8.12. The molecule has 3 aromatic carbocycles.